The van der Waals surface area contributed by atoms with E-state index < -0.39 is 0 Å². The van der Waals surface area contributed by atoms with Crippen molar-refractivity contribution < 1.29 is 9.21 Å². The summed E-state index contributed by atoms with van der Waals surface area (Å²) in [6.07, 6.45) is 5.79. The lowest BCUT2D eigenvalue weighted by Crippen LogP contribution is -2.47. The normalized spacial score (nSPS) is 16.0. The van der Waals surface area contributed by atoms with Crippen LogP contribution < -0.4 is 0 Å². The van der Waals surface area contributed by atoms with E-state index in [0.29, 0.717) is 18.3 Å². The smallest absolute Gasteiger partial charge is 0.235 e. The van der Waals surface area contributed by atoms with E-state index in [2.05, 4.69) is 22.3 Å². The van der Waals surface area contributed by atoms with E-state index in [1.807, 2.05) is 25.7 Å². The van der Waals surface area contributed by atoms with Crippen LogP contribution in [0.1, 0.15) is 45.4 Å². The Labute approximate surface area is 113 Å². The van der Waals surface area contributed by atoms with Crippen molar-refractivity contribution in [3.8, 4) is 0 Å². The molecule has 0 spiro atoms. The first-order valence-corrected chi connectivity index (χ1v) is 6.63. The molecule has 1 aromatic rings. The minimum Gasteiger partial charge on any atom is -0.424 e. The van der Waals surface area contributed by atoms with Crippen molar-refractivity contribution in [3.05, 3.63) is 23.9 Å². The van der Waals surface area contributed by atoms with Crippen molar-refractivity contribution in [1.82, 2.24) is 15.1 Å². The second kappa shape index (κ2) is 5.15. The number of nitrogens with zero attached hydrogens (tertiary/aromatic N) is 3. The minimum atomic E-state index is -0.262. The number of hydrogen-bond donors (Lipinski definition) is 0. The minimum absolute atomic E-state index is 0.0586. The summed E-state index contributed by atoms with van der Waals surface area (Å²) in [5.74, 6) is 1.24. The maximum Gasteiger partial charge on any atom is 0.235 e. The number of carbonyl (C=O) groups excluding carboxylic acids is 1. The van der Waals surface area contributed by atoms with Gasteiger partial charge < -0.3 is 9.32 Å². The summed E-state index contributed by atoms with van der Waals surface area (Å²) >= 11 is 0. The molecule has 0 aromatic carbocycles. The summed E-state index contributed by atoms with van der Waals surface area (Å²) in [7, 11) is 0. The molecule has 0 bridgehead atoms. The molecule has 0 radical (unpaired) electrons. The van der Waals surface area contributed by atoms with Crippen LogP contribution in [0.25, 0.3) is 0 Å². The Morgan fingerprint density at radius 2 is 2.00 bits per heavy atom. The van der Waals surface area contributed by atoms with Crippen LogP contribution in [0.4, 0.5) is 0 Å². The van der Waals surface area contributed by atoms with Crippen molar-refractivity contribution in [2.75, 3.05) is 0 Å². The maximum atomic E-state index is 12.6. The molecule has 0 aliphatic heterocycles. The van der Waals surface area contributed by atoms with Crippen molar-refractivity contribution in [2.45, 2.75) is 52.6 Å². The summed E-state index contributed by atoms with van der Waals surface area (Å²) < 4.78 is 5.39. The predicted octanol–water partition coefficient (Wildman–Crippen LogP) is 2.47. The summed E-state index contributed by atoms with van der Waals surface area (Å²) in [5, 5.41) is 7.79. The van der Waals surface area contributed by atoms with Gasteiger partial charge in [0.15, 0.2) is 0 Å². The average Bonchev–Trinajstić information content (AvgIpc) is 2.94. The van der Waals surface area contributed by atoms with Crippen LogP contribution in [0.5, 0.6) is 0 Å². The van der Waals surface area contributed by atoms with Gasteiger partial charge in [-0.3, -0.25) is 4.79 Å². The molecule has 104 valence electrons. The van der Waals surface area contributed by atoms with Gasteiger partial charge in [0.25, 0.3) is 0 Å². The van der Waals surface area contributed by atoms with Crippen LogP contribution in [-0.2, 0) is 11.3 Å². The van der Waals surface area contributed by atoms with Gasteiger partial charge in [-0.05, 0) is 33.6 Å². The Balaban J connectivity index is 2.14. The highest BCUT2D eigenvalue weighted by Crippen LogP contribution is 2.26. The molecule has 1 aliphatic carbocycles. The average molecular weight is 263 g/mol. The third kappa shape index (κ3) is 3.22. The lowest BCUT2D eigenvalue weighted by Gasteiger charge is -2.36. The largest absolute Gasteiger partial charge is 0.424 e. The fourth-order valence-corrected chi connectivity index (χ4v) is 2.22. The monoisotopic (exact) mass is 263 g/mol. The zero-order valence-electron chi connectivity index (χ0n) is 12.0. The molecular weight excluding hydrogens is 242 g/mol. The molecule has 0 unspecified atom stereocenters. The molecule has 1 aromatic heterocycles. The summed E-state index contributed by atoms with van der Waals surface area (Å²) in [4.78, 5) is 14.4. The molecular formula is C14H21N3O2. The first-order chi connectivity index (χ1) is 8.88. The van der Waals surface area contributed by atoms with Crippen LogP contribution in [0.15, 0.2) is 16.6 Å². The van der Waals surface area contributed by atoms with Crippen LogP contribution in [-0.4, -0.2) is 26.5 Å². The number of aromatic nitrogens is 2. The number of carbonyl (C=O) groups is 1. The third-order valence-electron chi connectivity index (χ3n) is 3.29. The molecule has 1 amide bonds. The van der Waals surface area contributed by atoms with Crippen LogP contribution in [0.2, 0.25) is 0 Å². The fourth-order valence-electron chi connectivity index (χ4n) is 2.22. The summed E-state index contributed by atoms with van der Waals surface area (Å²) in [5.41, 5.74) is -0.262. The van der Waals surface area contributed by atoms with Gasteiger partial charge in [-0.15, -0.1) is 10.2 Å². The zero-order valence-corrected chi connectivity index (χ0v) is 12.0. The summed E-state index contributed by atoms with van der Waals surface area (Å²) in [6, 6.07) is 0. The van der Waals surface area contributed by atoms with E-state index in [9.17, 15) is 4.79 Å². The Kier molecular flexibility index (Phi) is 3.73. The molecule has 0 fully saturated rings. The SMILES string of the molecule is Cc1nnc(CN(C(=O)C2CC=CC2)C(C)(C)C)o1. The van der Waals surface area contributed by atoms with E-state index >= 15 is 0 Å². The number of rotatable bonds is 3. The molecule has 0 atom stereocenters. The lowest BCUT2D eigenvalue weighted by molar-refractivity contribution is -0.141. The molecule has 2 rings (SSSR count). The first-order valence-electron chi connectivity index (χ1n) is 6.63. The van der Waals surface area contributed by atoms with Crippen molar-refractivity contribution in [2.24, 2.45) is 5.92 Å². The first kappa shape index (κ1) is 13.8. The van der Waals surface area contributed by atoms with Gasteiger partial charge in [-0.2, -0.15) is 0 Å². The zero-order chi connectivity index (χ0) is 14.0. The number of hydrogen-bond acceptors (Lipinski definition) is 4. The second-order valence-electron chi connectivity index (χ2n) is 5.95. The fraction of sp³-hybridized carbons (Fsp3) is 0.643. The Morgan fingerprint density at radius 1 is 1.37 bits per heavy atom. The van der Waals surface area contributed by atoms with Gasteiger partial charge in [0.1, 0.15) is 0 Å². The number of aryl methyl sites for hydroxylation is 1. The van der Waals surface area contributed by atoms with E-state index in [0.717, 1.165) is 12.8 Å². The molecule has 0 N–H and O–H groups in total. The topological polar surface area (TPSA) is 59.2 Å². The second-order valence-corrected chi connectivity index (χ2v) is 5.95. The van der Waals surface area contributed by atoms with Gasteiger partial charge in [0, 0.05) is 18.4 Å². The van der Waals surface area contributed by atoms with Crippen LogP contribution >= 0.6 is 0 Å². The Hall–Kier alpha value is -1.65. The van der Waals surface area contributed by atoms with E-state index in [1.165, 1.54) is 0 Å². The van der Waals surface area contributed by atoms with Crippen molar-refractivity contribution in [1.29, 1.82) is 0 Å². The molecule has 19 heavy (non-hydrogen) atoms. The molecule has 5 nitrogen and oxygen atoms in total. The van der Waals surface area contributed by atoms with Crippen molar-refractivity contribution in [3.63, 3.8) is 0 Å². The highest BCUT2D eigenvalue weighted by Gasteiger charge is 2.33. The molecule has 0 saturated heterocycles. The van der Waals surface area contributed by atoms with Crippen LogP contribution in [0, 0.1) is 12.8 Å². The van der Waals surface area contributed by atoms with Gasteiger partial charge in [0.2, 0.25) is 17.7 Å². The quantitative estimate of drug-likeness (QED) is 0.786. The van der Waals surface area contributed by atoms with Gasteiger partial charge in [-0.25, -0.2) is 0 Å². The number of amides is 1. The maximum absolute atomic E-state index is 12.6. The van der Waals surface area contributed by atoms with E-state index in [4.69, 9.17) is 4.42 Å². The number of allylic oxidation sites excluding steroid dienone is 2. The highest BCUT2D eigenvalue weighted by atomic mass is 16.4. The van der Waals surface area contributed by atoms with E-state index in [1.54, 1.807) is 6.92 Å². The lowest BCUT2D eigenvalue weighted by atomic mass is 9.99. The van der Waals surface area contributed by atoms with Crippen LogP contribution in [0.3, 0.4) is 0 Å². The Morgan fingerprint density at radius 3 is 2.47 bits per heavy atom. The van der Waals surface area contributed by atoms with Gasteiger partial charge in [0.05, 0.1) is 6.54 Å². The van der Waals surface area contributed by atoms with Gasteiger partial charge in [-0.1, -0.05) is 12.2 Å². The molecule has 1 heterocycles. The Bertz CT molecular complexity index is 477. The standard InChI is InChI=1S/C14H21N3O2/c1-10-15-16-12(19-10)9-17(14(2,3)4)13(18)11-7-5-6-8-11/h5-6,11H,7-9H2,1-4H3. The van der Waals surface area contributed by atoms with Crippen molar-refractivity contribution >= 4 is 5.91 Å². The third-order valence-corrected chi connectivity index (χ3v) is 3.29. The molecule has 5 heteroatoms. The van der Waals surface area contributed by atoms with E-state index in [-0.39, 0.29) is 17.4 Å². The highest BCUT2D eigenvalue weighted by molar-refractivity contribution is 5.80. The predicted molar refractivity (Wildman–Crippen MR) is 71.2 cm³/mol. The molecule has 1 aliphatic rings. The molecule has 0 saturated carbocycles. The summed E-state index contributed by atoms with van der Waals surface area (Å²) in [6.45, 7) is 8.20. The van der Waals surface area contributed by atoms with Gasteiger partial charge >= 0.3 is 0 Å².